The van der Waals surface area contributed by atoms with Crippen LogP contribution in [0.15, 0.2) is 267 Å². The molecule has 0 saturated heterocycles. The Labute approximate surface area is 639 Å². The highest BCUT2D eigenvalue weighted by molar-refractivity contribution is 6.00. The minimum atomic E-state index is -1.11. The molecule has 4 aliphatic carbocycles. The molecular weight excluding hydrogens is 1410 g/mol. The minimum absolute atomic E-state index is 0.00509. The summed E-state index contributed by atoms with van der Waals surface area (Å²) in [6.45, 7) is 3.51. The topological polar surface area (TPSA) is 212 Å². The number of phenolic OH excluding ortho intramolecular Hbond substituents is 3. The molecule has 16 heteroatoms. The van der Waals surface area contributed by atoms with Crippen LogP contribution in [-0.2, 0) is 40.8 Å². The average molecular weight is 1470 g/mol. The Kier molecular flexibility index (Phi) is 13.2. The zero-order valence-corrected chi connectivity index (χ0v) is 59.8. The van der Waals surface area contributed by atoms with Gasteiger partial charge in [0.1, 0.15) is 92.0 Å². The lowest BCUT2D eigenvalue weighted by molar-refractivity contribution is -0.137. The zero-order valence-electron chi connectivity index (χ0n) is 59.8. The van der Waals surface area contributed by atoms with Crippen LogP contribution in [-0.4, -0.2) is 45.8 Å². The number of esters is 4. The van der Waals surface area contributed by atoms with E-state index in [0.717, 1.165) is 134 Å². The van der Waals surface area contributed by atoms with Gasteiger partial charge in [-0.3, -0.25) is 14.4 Å². The fraction of sp³-hybridized carbons (Fsp3) is 0.0833. The highest BCUT2D eigenvalue weighted by Gasteiger charge is 2.59. The van der Waals surface area contributed by atoms with Crippen molar-refractivity contribution in [2.24, 2.45) is 0 Å². The first kappa shape index (κ1) is 64.5. The van der Waals surface area contributed by atoms with Gasteiger partial charge < -0.3 is 58.0 Å². The average Bonchev–Trinajstić information content (AvgIpc) is 1.50. The van der Waals surface area contributed by atoms with Crippen LogP contribution < -0.4 is 42.6 Å². The van der Waals surface area contributed by atoms with Gasteiger partial charge in [0.2, 0.25) is 0 Å². The smallest absolute Gasteiger partial charge is 0.349 e. The molecule has 14 aromatic rings. The standard InChI is InChI=1S/C96H58O16/c1-49(97)105-56-24-32-76-88(40-56)111-89-41-57(106-50(2)98)25-33-77(89)95(76)70-18-10-6-14-62(70)66-47-83-67(46-82(66)95)63-15-7-11-19-71(63)96(83)78-34-26-58(107-51(3)99)42-90(78)112-91-43-59(27-35-79(91)96)108-92(103)48-104-55-23-31-75-87(39-55)110-86-38-54(102)22-30-74(86)94(75)69-17-9-5-13-61(69)65-44-80-64(45-81(65)94)60-12-4-8-16-68(60)93(80)72-28-20-52(100)36-84(72)109-85-37-53(101)21-29-73(85)93/h4-47,100-102H,48H2,1-3H3. The van der Waals surface area contributed by atoms with Gasteiger partial charge in [0.15, 0.2) is 6.61 Å². The van der Waals surface area contributed by atoms with E-state index in [-0.39, 0.29) is 28.7 Å². The number of hydrogen-bond acceptors (Lipinski definition) is 16. The van der Waals surface area contributed by atoms with Crippen molar-refractivity contribution in [2.75, 3.05) is 6.61 Å². The van der Waals surface area contributed by atoms with E-state index in [1.807, 2.05) is 103 Å². The van der Waals surface area contributed by atoms with Crippen molar-refractivity contribution >= 4 is 23.9 Å². The van der Waals surface area contributed by atoms with Crippen molar-refractivity contribution in [3.05, 3.63) is 356 Å². The number of carbonyl (C=O) groups excluding carboxylic acids is 4. The minimum Gasteiger partial charge on any atom is -0.508 e. The lowest BCUT2D eigenvalue weighted by Crippen LogP contribution is -2.33. The molecule has 3 N–H and O–H groups in total. The number of rotatable bonds is 7. The van der Waals surface area contributed by atoms with Crippen molar-refractivity contribution < 1.29 is 77.1 Å². The first-order chi connectivity index (χ1) is 54.5. The maximum Gasteiger partial charge on any atom is 0.349 e. The number of carbonyl (C=O) groups is 4. The second-order valence-corrected chi connectivity index (χ2v) is 29.4. The number of benzene rings is 14. The summed E-state index contributed by atoms with van der Waals surface area (Å²) in [4.78, 5) is 52.1. The van der Waals surface area contributed by atoms with Gasteiger partial charge in [-0.1, -0.05) is 146 Å². The third-order valence-electron chi connectivity index (χ3n) is 23.6. The molecule has 16 nitrogen and oxygen atoms in total. The van der Waals surface area contributed by atoms with E-state index >= 15 is 0 Å². The number of ether oxygens (including phenoxy) is 9. The van der Waals surface area contributed by atoms with E-state index in [4.69, 9.17) is 42.6 Å². The fourth-order valence-corrected chi connectivity index (χ4v) is 19.8. The molecule has 538 valence electrons. The van der Waals surface area contributed by atoms with Gasteiger partial charge in [0.05, 0.1) is 21.7 Å². The van der Waals surface area contributed by atoms with E-state index in [1.165, 1.54) is 20.8 Å². The number of phenols is 3. The Morgan fingerprint density at radius 2 is 0.482 bits per heavy atom. The van der Waals surface area contributed by atoms with Crippen LogP contribution in [0.1, 0.15) is 110 Å². The Morgan fingerprint density at radius 3 is 0.759 bits per heavy atom. The SMILES string of the molecule is CC(=O)Oc1ccc2c(c1)Oc1cc(OC(C)=O)ccc1C21c2ccccc2-c2cc3c(cc21)-c1ccccc1C31c2ccc(OC(C)=O)cc2Oc2cc(OC(=O)COc3ccc4c(c3)Oc3cc(O)ccc3C43c4ccccc4-c4cc5c(cc43)-c3ccccc3C53c4ccc(O)cc4Oc4cc(O)ccc43)ccc21. The fourth-order valence-electron chi connectivity index (χ4n) is 19.8. The first-order valence-corrected chi connectivity index (χ1v) is 36.6. The molecule has 22 rings (SSSR count). The van der Waals surface area contributed by atoms with Crippen LogP contribution in [0.25, 0.3) is 44.5 Å². The third-order valence-corrected chi connectivity index (χ3v) is 23.6. The molecule has 112 heavy (non-hydrogen) atoms. The van der Waals surface area contributed by atoms with E-state index in [0.29, 0.717) is 63.2 Å². The highest BCUT2D eigenvalue weighted by Crippen LogP contribution is 2.71. The lowest BCUT2D eigenvalue weighted by atomic mass is 9.64. The summed E-state index contributed by atoms with van der Waals surface area (Å²) in [5.74, 6) is 2.64. The number of aromatic hydroxyl groups is 3. The predicted molar refractivity (Wildman–Crippen MR) is 412 cm³/mol. The van der Waals surface area contributed by atoms with Gasteiger partial charge in [-0.05, 0) is 162 Å². The van der Waals surface area contributed by atoms with Crippen LogP contribution in [0.3, 0.4) is 0 Å². The number of fused-ring (bicyclic) bond motifs is 36. The highest BCUT2D eigenvalue weighted by atomic mass is 16.6. The Hall–Kier alpha value is -14.6. The molecule has 2 atom stereocenters. The predicted octanol–water partition coefficient (Wildman–Crippen LogP) is 19.4. The van der Waals surface area contributed by atoms with E-state index in [9.17, 15) is 34.5 Å². The summed E-state index contributed by atoms with van der Waals surface area (Å²) in [5.41, 5.74) is 17.7. The molecule has 0 saturated carbocycles. The molecule has 0 fully saturated rings. The van der Waals surface area contributed by atoms with Crippen molar-refractivity contribution in [2.45, 2.75) is 42.4 Å². The molecule has 0 radical (unpaired) electrons. The van der Waals surface area contributed by atoms with Gasteiger partial charge >= 0.3 is 23.9 Å². The molecule has 0 bridgehead atoms. The molecule has 2 unspecified atom stereocenters. The summed E-state index contributed by atoms with van der Waals surface area (Å²) in [6, 6.07) is 85.3. The summed E-state index contributed by atoms with van der Waals surface area (Å²) >= 11 is 0. The van der Waals surface area contributed by atoms with E-state index < -0.39 is 52.1 Å². The zero-order chi connectivity index (χ0) is 75.6. The summed E-state index contributed by atoms with van der Waals surface area (Å²) < 4.78 is 56.9. The molecule has 14 aromatic carbocycles. The van der Waals surface area contributed by atoms with Crippen LogP contribution in [0.4, 0.5) is 0 Å². The van der Waals surface area contributed by atoms with Gasteiger partial charge in [-0.25, -0.2) is 4.79 Å². The Balaban J connectivity index is 0.636. The number of hydrogen-bond donors (Lipinski definition) is 3. The molecule has 4 heterocycles. The lowest BCUT2D eigenvalue weighted by Gasteiger charge is -2.40. The molecule has 4 aliphatic heterocycles. The van der Waals surface area contributed by atoms with Gasteiger partial charge in [0.25, 0.3) is 0 Å². The van der Waals surface area contributed by atoms with Crippen molar-refractivity contribution in [3.63, 3.8) is 0 Å². The monoisotopic (exact) mass is 1470 g/mol. The molecular formula is C96H58O16. The third kappa shape index (κ3) is 8.59. The van der Waals surface area contributed by atoms with Crippen LogP contribution >= 0.6 is 0 Å². The molecule has 0 aromatic heterocycles. The second kappa shape index (κ2) is 23.0. The van der Waals surface area contributed by atoms with Crippen LogP contribution in [0.2, 0.25) is 0 Å². The largest absolute Gasteiger partial charge is 0.508 e. The van der Waals surface area contributed by atoms with Crippen LogP contribution in [0.5, 0.6) is 92.0 Å². The molecule has 4 spiro atoms. The van der Waals surface area contributed by atoms with Crippen molar-refractivity contribution in [1.29, 1.82) is 0 Å². The van der Waals surface area contributed by atoms with Crippen molar-refractivity contribution in [3.8, 4) is 136 Å². The first-order valence-electron chi connectivity index (χ1n) is 36.6. The maximum atomic E-state index is 14.5. The summed E-state index contributed by atoms with van der Waals surface area (Å²) in [6.07, 6.45) is 0. The quantitative estimate of drug-likeness (QED) is 0.1000. The summed E-state index contributed by atoms with van der Waals surface area (Å²) in [7, 11) is 0. The second-order valence-electron chi connectivity index (χ2n) is 29.4. The van der Waals surface area contributed by atoms with Gasteiger partial charge in [0, 0.05) is 114 Å². The molecule has 8 aliphatic rings. The summed E-state index contributed by atoms with van der Waals surface area (Å²) in [5, 5.41) is 33.2. The van der Waals surface area contributed by atoms with Crippen LogP contribution in [0, 0.1) is 0 Å². The van der Waals surface area contributed by atoms with Gasteiger partial charge in [-0.15, -0.1) is 0 Å². The van der Waals surface area contributed by atoms with Gasteiger partial charge in [-0.2, -0.15) is 0 Å². The van der Waals surface area contributed by atoms with E-state index in [2.05, 4.69) is 72.8 Å². The van der Waals surface area contributed by atoms with Crippen molar-refractivity contribution in [1.82, 2.24) is 0 Å². The Morgan fingerprint density at radius 1 is 0.250 bits per heavy atom. The van der Waals surface area contributed by atoms with E-state index in [1.54, 1.807) is 91.0 Å². The normalized spacial score (nSPS) is 16.6. The Bertz CT molecular complexity index is 6570. The maximum absolute atomic E-state index is 14.5. The molecule has 0 amide bonds.